The summed E-state index contributed by atoms with van der Waals surface area (Å²) in [5.41, 5.74) is 1.48. The van der Waals surface area contributed by atoms with E-state index in [1.807, 2.05) is 22.6 Å². The van der Waals surface area contributed by atoms with Crippen LogP contribution in [0.15, 0.2) is 29.3 Å². The second-order valence-corrected chi connectivity index (χ2v) is 5.29. The van der Waals surface area contributed by atoms with Crippen molar-refractivity contribution < 1.29 is 4.39 Å². The molecule has 2 aromatic rings. The molecule has 0 saturated carbocycles. The molecule has 0 N–H and O–H groups in total. The van der Waals surface area contributed by atoms with Gasteiger partial charge < -0.3 is 0 Å². The highest BCUT2D eigenvalue weighted by atomic mass is 127. The van der Waals surface area contributed by atoms with Crippen LogP contribution in [0.3, 0.4) is 0 Å². The van der Waals surface area contributed by atoms with Crippen LogP contribution in [-0.2, 0) is 6.54 Å². The summed E-state index contributed by atoms with van der Waals surface area (Å²) < 4.78 is 14.8. The summed E-state index contributed by atoms with van der Waals surface area (Å²) >= 11 is 7.62. The van der Waals surface area contributed by atoms with E-state index in [4.69, 9.17) is 11.6 Å². The van der Waals surface area contributed by atoms with Crippen molar-refractivity contribution in [1.29, 1.82) is 0 Å². The zero-order valence-corrected chi connectivity index (χ0v) is 12.4. The number of aryl methyl sites for hydroxylation is 1. The predicted octanol–water partition coefficient (Wildman–Crippen LogP) is 3.00. The molecule has 0 aliphatic carbocycles. The fourth-order valence-electron chi connectivity index (χ4n) is 1.58. The molecule has 18 heavy (non-hydrogen) atoms. The standard InChI is InChI=1S/C12H9ClFIN2O/c1-7-4-9(14)3-2-8(7)5-17-6-16-11(13)10(15)12(17)18/h2-4,6H,5H2,1H3. The fourth-order valence-corrected chi connectivity index (χ4v) is 2.15. The lowest BCUT2D eigenvalue weighted by atomic mass is 10.1. The van der Waals surface area contributed by atoms with Crippen molar-refractivity contribution in [2.24, 2.45) is 0 Å². The maximum Gasteiger partial charge on any atom is 0.268 e. The summed E-state index contributed by atoms with van der Waals surface area (Å²) in [4.78, 5) is 15.9. The molecule has 0 spiro atoms. The van der Waals surface area contributed by atoms with Gasteiger partial charge in [0, 0.05) is 0 Å². The number of halogens is 3. The Hall–Kier alpha value is -0.950. The second kappa shape index (κ2) is 5.36. The van der Waals surface area contributed by atoms with Gasteiger partial charge in [-0.1, -0.05) is 17.7 Å². The topological polar surface area (TPSA) is 34.9 Å². The molecule has 1 aromatic heterocycles. The summed E-state index contributed by atoms with van der Waals surface area (Å²) in [6, 6.07) is 4.48. The third-order valence-corrected chi connectivity index (χ3v) is 4.16. The normalized spacial score (nSPS) is 10.7. The van der Waals surface area contributed by atoms with Crippen LogP contribution >= 0.6 is 34.2 Å². The quantitative estimate of drug-likeness (QED) is 0.595. The van der Waals surface area contributed by atoms with Gasteiger partial charge in [0.15, 0.2) is 0 Å². The van der Waals surface area contributed by atoms with E-state index in [1.165, 1.54) is 23.0 Å². The van der Waals surface area contributed by atoms with Crippen molar-refractivity contribution in [3.05, 3.63) is 60.5 Å². The Morgan fingerprint density at radius 2 is 2.22 bits per heavy atom. The minimum Gasteiger partial charge on any atom is -0.294 e. The molecular weight excluding hydrogens is 370 g/mol. The van der Waals surface area contributed by atoms with E-state index >= 15 is 0 Å². The molecule has 0 atom stereocenters. The third-order valence-electron chi connectivity index (χ3n) is 2.59. The Kier molecular flexibility index (Phi) is 4.01. The van der Waals surface area contributed by atoms with Crippen LogP contribution in [0.1, 0.15) is 11.1 Å². The van der Waals surface area contributed by atoms with Crippen molar-refractivity contribution in [2.75, 3.05) is 0 Å². The van der Waals surface area contributed by atoms with E-state index in [2.05, 4.69) is 4.98 Å². The van der Waals surface area contributed by atoms with E-state index in [9.17, 15) is 9.18 Å². The Balaban J connectivity index is 2.41. The Morgan fingerprint density at radius 1 is 1.50 bits per heavy atom. The van der Waals surface area contributed by atoms with Gasteiger partial charge in [0.25, 0.3) is 5.56 Å². The smallest absolute Gasteiger partial charge is 0.268 e. The average molecular weight is 379 g/mol. The number of benzene rings is 1. The van der Waals surface area contributed by atoms with E-state index in [1.54, 1.807) is 13.0 Å². The number of aromatic nitrogens is 2. The van der Waals surface area contributed by atoms with E-state index in [0.29, 0.717) is 10.1 Å². The molecule has 3 nitrogen and oxygen atoms in total. The van der Waals surface area contributed by atoms with Gasteiger partial charge in [0.1, 0.15) is 14.5 Å². The molecule has 6 heteroatoms. The van der Waals surface area contributed by atoms with Crippen molar-refractivity contribution in [1.82, 2.24) is 9.55 Å². The van der Waals surface area contributed by atoms with Crippen LogP contribution in [0.25, 0.3) is 0 Å². The van der Waals surface area contributed by atoms with Gasteiger partial charge in [0.05, 0.1) is 12.9 Å². The van der Waals surface area contributed by atoms with Gasteiger partial charge in [-0.2, -0.15) is 0 Å². The minimum atomic E-state index is -0.285. The van der Waals surface area contributed by atoms with Crippen LogP contribution in [0.2, 0.25) is 5.15 Å². The molecular formula is C12H9ClFIN2O. The fraction of sp³-hybridized carbons (Fsp3) is 0.167. The Morgan fingerprint density at radius 3 is 2.89 bits per heavy atom. The summed E-state index contributed by atoms with van der Waals surface area (Å²) in [6.45, 7) is 2.16. The first-order valence-electron chi connectivity index (χ1n) is 5.14. The van der Waals surface area contributed by atoms with Crippen LogP contribution in [0.4, 0.5) is 4.39 Å². The van der Waals surface area contributed by atoms with Gasteiger partial charge in [-0.25, -0.2) is 9.37 Å². The SMILES string of the molecule is Cc1cc(F)ccc1Cn1cnc(Cl)c(I)c1=O. The zero-order chi connectivity index (χ0) is 13.3. The van der Waals surface area contributed by atoms with Crippen LogP contribution < -0.4 is 5.56 Å². The molecule has 2 rings (SSSR count). The minimum absolute atomic E-state index is 0.195. The second-order valence-electron chi connectivity index (χ2n) is 3.85. The molecule has 0 saturated heterocycles. The summed E-state index contributed by atoms with van der Waals surface area (Å²) in [5.74, 6) is -0.285. The average Bonchev–Trinajstić information content (AvgIpc) is 2.33. The maximum absolute atomic E-state index is 13.0. The predicted molar refractivity (Wildman–Crippen MR) is 76.5 cm³/mol. The molecule has 0 unspecified atom stereocenters. The van der Waals surface area contributed by atoms with Gasteiger partial charge in [-0.15, -0.1) is 0 Å². The zero-order valence-electron chi connectivity index (χ0n) is 9.45. The molecule has 0 bridgehead atoms. The largest absolute Gasteiger partial charge is 0.294 e. The molecule has 1 aromatic carbocycles. The molecule has 94 valence electrons. The van der Waals surface area contributed by atoms with E-state index < -0.39 is 0 Å². The summed E-state index contributed by atoms with van der Waals surface area (Å²) in [5, 5.41) is 0.202. The highest BCUT2D eigenvalue weighted by Crippen LogP contribution is 2.13. The molecule has 0 aliphatic heterocycles. The molecule has 0 aliphatic rings. The lowest BCUT2D eigenvalue weighted by molar-refractivity contribution is 0.624. The Bertz CT molecular complexity index is 657. The third kappa shape index (κ3) is 2.72. The lowest BCUT2D eigenvalue weighted by Gasteiger charge is -2.09. The number of hydrogen-bond acceptors (Lipinski definition) is 2. The lowest BCUT2D eigenvalue weighted by Crippen LogP contribution is -2.24. The van der Waals surface area contributed by atoms with Gasteiger partial charge in [-0.3, -0.25) is 9.36 Å². The molecule has 0 amide bonds. The van der Waals surface area contributed by atoms with Gasteiger partial charge >= 0.3 is 0 Å². The molecule has 1 heterocycles. The van der Waals surface area contributed by atoms with Gasteiger partial charge in [0.2, 0.25) is 0 Å². The van der Waals surface area contributed by atoms with Crippen molar-refractivity contribution in [3.8, 4) is 0 Å². The first kappa shape index (κ1) is 13.5. The monoisotopic (exact) mass is 378 g/mol. The van der Waals surface area contributed by atoms with E-state index in [0.717, 1.165) is 11.1 Å². The first-order valence-corrected chi connectivity index (χ1v) is 6.60. The van der Waals surface area contributed by atoms with E-state index in [-0.39, 0.29) is 16.5 Å². The number of nitrogens with zero attached hydrogens (tertiary/aromatic N) is 2. The Labute approximate surface area is 122 Å². The van der Waals surface area contributed by atoms with Crippen LogP contribution in [0.5, 0.6) is 0 Å². The van der Waals surface area contributed by atoms with Gasteiger partial charge in [-0.05, 0) is 52.8 Å². The maximum atomic E-state index is 13.0. The van der Waals surface area contributed by atoms with Crippen LogP contribution in [-0.4, -0.2) is 9.55 Å². The summed E-state index contributed by atoms with van der Waals surface area (Å²) in [7, 11) is 0. The van der Waals surface area contributed by atoms with Crippen LogP contribution in [0, 0.1) is 16.3 Å². The molecule has 0 fully saturated rings. The molecule has 0 radical (unpaired) electrons. The number of rotatable bonds is 2. The summed E-state index contributed by atoms with van der Waals surface area (Å²) in [6.07, 6.45) is 1.40. The van der Waals surface area contributed by atoms with Crippen molar-refractivity contribution in [2.45, 2.75) is 13.5 Å². The first-order chi connectivity index (χ1) is 8.49. The highest BCUT2D eigenvalue weighted by Gasteiger charge is 2.08. The van der Waals surface area contributed by atoms with Crippen molar-refractivity contribution in [3.63, 3.8) is 0 Å². The van der Waals surface area contributed by atoms with Crippen molar-refractivity contribution >= 4 is 34.2 Å². The number of hydrogen-bond donors (Lipinski definition) is 0. The highest BCUT2D eigenvalue weighted by molar-refractivity contribution is 14.1.